The molecule has 0 fully saturated rings. The summed E-state index contributed by atoms with van der Waals surface area (Å²) < 4.78 is 4.83. The Hall–Kier alpha value is -1.44. The second-order valence-corrected chi connectivity index (χ2v) is 5.17. The Morgan fingerprint density at radius 2 is 1.38 bits per heavy atom. The number of carboxylic acids is 1. The number of carbonyl (C=O) groups is 4. The van der Waals surface area contributed by atoms with Crippen LogP contribution in [0.1, 0.15) is 52.9 Å². The Kier molecular flexibility index (Phi) is 16.3. The van der Waals surface area contributed by atoms with Crippen LogP contribution in [0.4, 0.5) is 0 Å². The fourth-order valence-corrected chi connectivity index (χ4v) is 2.06. The summed E-state index contributed by atoms with van der Waals surface area (Å²) in [6.45, 7) is 5.33. The molecular formula is C18H26NNaO6. The number of carbonyl (C=O) groups excluding carboxylic acids is 4. The molecular weight excluding hydrogens is 349 g/mol. The molecule has 0 aliphatic heterocycles. The summed E-state index contributed by atoms with van der Waals surface area (Å²) in [5.41, 5.74) is 0. The number of hydrogen-bond donors (Lipinski definition) is 0. The van der Waals surface area contributed by atoms with Crippen molar-refractivity contribution < 1.29 is 58.6 Å². The summed E-state index contributed by atoms with van der Waals surface area (Å²) >= 11 is 0. The number of carboxylic acid groups (broad SMARTS) is 1. The summed E-state index contributed by atoms with van der Waals surface area (Å²) in [5, 5.41) is 11.0. The first-order valence-corrected chi connectivity index (χ1v) is 8.40. The minimum Gasteiger partial charge on any atom is -0.550 e. The van der Waals surface area contributed by atoms with Crippen molar-refractivity contribution >= 4 is 23.8 Å². The van der Waals surface area contributed by atoms with Crippen molar-refractivity contribution in [1.82, 2.24) is 4.90 Å². The molecule has 0 bridgehead atoms. The van der Waals surface area contributed by atoms with Crippen LogP contribution in [0.2, 0.25) is 0 Å². The smallest absolute Gasteiger partial charge is 0.550 e. The summed E-state index contributed by atoms with van der Waals surface area (Å²) in [6, 6.07) is -1.53. The summed E-state index contributed by atoms with van der Waals surface area (Å²) in [7, 11) is 0. The van der Waals surface area contributed by atoms with Gasteiger partial charge in [-0.15, -0.1) is 0 Å². The maximum atomic E-state index is 12.4. The predicted octanol–water partition coefficient (Wildman–Crippen LogP) is -1.87. The van der Waals surface area contributed by atoms with E-state index in [-0.39, 0.29) is 49.0 Å². The number of allylic oxidation sites excluding steroid dienone is 2. The molecule has 0 saturated heterocycles. The Balaban J connectivity index is 0. The normalized spacial score (nSPS) is 11.8. The Morgan fingerprint density at radius 3 is 1.73 bits per heavy atom. The second-order valence-electron chi connectivity index (χ2n) is 5.17. The molecule has 1 unspecified atom stereocenters. The van der Waals surface area contributed by atoms with Gasteiger partial charge in [-0.25, -0.2) is 4.79 Å². The van der Waals surface area contributed by atoms with Crippen molar-refractivity contribution in [1.29, 1.82) is 0 Å². The van der Waals surface area contributed by atoms with Crippen LogP contribution in [0, 0.1) is 0 Å². The molecule has 140 valence electrons. The molecule has 0 aromatic carbocycles. The summed E-state index contributed by atoms with van der Waals surface area (Å²) in [4.78, 5) is 48.6. The molecule has 0 saturated carbocycles. The fourth-order valence-electron chi connectivity index (χ4n) is 2.06. The van der Waals surface area contributed by atoms with Gasteiger partial charge in [0.15, 0.2) is 0 Å². The van der Waals surface area contributed by atoms with Gasteiger partial charge in [0.1, 0.15) is 6.04 Å². The van der Waals surface area contributed by atoms with E-state index in [1.54, 1.807) is 31.2 Å². The van der Waals surface area contributed by atoms with E-state index in [1.807, 2.05) is 13.8 Å². The van der Waals surface area contributed by atoms with Gasteiger partial charge in [-0.2, -0.15) is 0 Å². The Bertz CT molecular complexity index is 502. The number of nitrogens with zero attached hydrogens (tertiary/aromatic N) is 1. The number of rotatable bonds is 11. The third-order valence-corrected chi connectivity index (χ3v) is 3.16. The minimum atomic E-state index is -1.54. The van der Waals surface area contributed by atoms with E-state index in [1.165, 1.54) is 0 Å². The van der Waals surface area contributed by atoms with Crippen LogP contribution >= 0.6 is 0 Å². The molecule has 2 amide bonds. The average Bonchev–Trinajstić information content (AvgIpc) is 2.54. The van der Waals surface area contributed by atoms with Gasteiger partial charge in [-0.3, -0.25) is 14.5 Å². The largest absolute Gasteiger partial charge is 1.00 e. The number of esters is 1. The molecule has 0 aromatic rings. The number of ether oxygens (including phenoxy) is 1. The van der Waals surface area contributed by atoms with Gasteiger partial charge in [0, 0.05) is 25.2 Å². The van der Waals surface area contributed by atoms with E-state index in [9.17, 15) is 24.3 Å². The molecule has 0 radical (unpaired) electrons. The quantitative estimate of drug-likeness (QED) is 0.238. The van der Waals surface area contributed by atoms with Crippen LogP contribution < -0.4 is 34.7 Å². The predicted molar refractivity (Wildman–Crippen MR) is 90.0 cm³/mol. The van der Waals surface area contributed by atoms with E-state index < -0.39 is 36.2 Å². The molecule has 0 spiro atoms. The molecule has 0 aliphatic carbocycles. The van der Waals surface area contributed by atoms with Gasteiger partial charge < -0.3 is 14.6 Å². The van der Waals surface area contributed by atoms with Crippen molar-refractivity contribution in [3.05, 3.63) is 24.3 Å². The molecule has 0 N–H and O–H groups in total. The van der Waals surface area contributed by atoms with Crippen LogP contribution in [0.5, 0.6) is 0 Å². The van der Waals surface area contributed by atoms with Crippen LogP contribution in [0.3, 0.4) is 0 Å². The van der Waals surface area contributed by atoms with E-state index in [2.05, 4.69) is 0 Å². The summed E-state index contributed by atoms with van der Waals surface area (Å²) in [6.07, 6.45) is 7.04. The van der Waals surface area contributed by atoms with Gasteiger partial charge in [-0.05, 0) is 19.8 Å². The minimum absolute atomic E-state index is 0. The van der Waals surface area contributed by atoms with Crippen LogP contribution in [0.15, 0.2) is 24.3 Å². The van der Waals surface area contributed by atoms with Crippen LogP contribution in [0.25, 0.3) is 0 Å². The molecule has 0 heterocycles. The number of aliphatic carboxylic acids is 1. The van der Waals surface area contributed by atoms with Crippen molar-refractivity contribution in [2.75, 3.05) is 6.61 Å². The van der Waals surface area contributed by atoms with E-state index in [4.69, 9.17) is 4.74 Å². The molecule has 7 nitrogen and oxygen atoms in total. The zero-order valence-electron chi connectivity index (χ0n) is 16.0. The first-order chi connectivity index (χ1) is 11.9. The van der Waals surface area contributed by atoms with Gasteiger partial charge in [-0.1, -0.05) is 38.2 Å². The average molecular weight is 375 g/mol. The van der Waals surface area contributed by atoms with E-state index >= 15 is 0 Å². The standard InChI is InChI=1S/C18H27NO6.Na/c1-4-7-9-11-15(20)19(16(21)12-10-8-5-2)14(13-17(22)23)18(24)25-6-3;/h7-10,14H,4-6,11-13H2,1-3H3,(H,22,23);/q;+1/p-1/b9-7+,10-8+;. The van der Waals surface area contributed by atoms with Crippen molar-refractivity contribution in [2.24, 2.45) is 0 Å². The van der Waals surface area contributed by atoms with Gasteiger partial charge >= 0.3 is 35.5 Å². The van der Waals surface area contributed by atoms with Gasteiger partial charge in [0.05, 0.1) is 6.61 Å². The van der Waals surface area contributed by atoms with Crippen molar-refractivity contribution in [3.8, 4) is 0 Å². The van der Waals surface area contributed by atoms with E-state index in [0.29, 0.717) is 17.7 Å². The Labute approximate surface area is 176 Å². The molecule has 0 aromatic heterocycles. The van der Waals surface area contributed by atoms with Crippen molar-refractivity contribution in [3.63, 3.8) is 0 Å². The van der Waals surface area contributed by atoms with Crippen LogP contribution in [-0.4, -0.2) is 41.3 Å². The van der Waals surface area contributed by atoms with Crippen molar-refractivity contribution in [2.45, 2.75) is 58.9 Å². The SMILES string of the molecule is CC/C=C/CC(=O)N(C(=O)C/C=C/CC)C(CC(=O)[O-])C(=O)OCC.[Na+]. The zero-order chi connectivity index (χ0) is 19.2. The van der Waals surface area contributed by atoms with E-state index in [0.717, 1.165) is 0 Å². The second kappa shape index (κ2) is 15.8. The first kappa shape index (κ1) is 26.8. The summed E-state index contributed by atoms with van der Waals surface area (Å²) in [5.74, 6) is -3.79. The third kappa shape index (κ3) is 10.5. The fraction of sp³-hybridized carbons (Fsp3) is 0.556. The van der Waals surface area contributed by atoms with Crippen LogP contribution in [-0.2, 0) is 23.9 Å². The molecule has 8 heteroatoms. The first-order valence-electron chi connectivity index (χ1n) is 8.40. The maximum absolute atomic E-state index is 12.4. The molecule has 26 heavy (non-hydrogen) atoms. The molecule has 0 aliphatic rings. The zero-order valence-corrected chi connectivity index (χ0v) is 18.0. The van der Waals surface area contributed by atoms with Gasteiger partial charge in [0.25, 0.3) is 0 Å². The molecule has 1 atom stereocenters. The molecule has 0 rings (SSSR count). The maximum Gasteiger partial charge on any atom is 1.00 e. The topological polar surface area (TPSA) is 104 Å². The Morgan fingerprint density at radius 1 is 0.923 bits per heavy atom. The third-order valence-electron chi connectivity index (χ3n) is 3.16. The van der Waals surface area contributed by atoms with Gasteiger partial charge in [0.2, 0.25) is 11.8 Å². The monoisotopic (exact) mass is 375 g/mol. The number of amides is 2. The number of hydrogen-bond acceptors (Lipinski definition) is 6. The number of imide groups is 1.